The lowest BCUT2D eigenvalue weighted by atomic mass is 10.1. The minimum atomic E-state index is -0.229. The van der Waals surface area contributed by atoms with Crippen molar-refractivity contribution in [1.82, 2.24) is 0 Å². The van der Waals surface area contributed by atoms with Crippen molar-refractivity contribution in [2.45, 2.75) is 20.3 Å². The number of ether oxygens (including phenoxy) is 3. The number of anilines is 1. The molecule has 0 unspecified atom stereocenters. The molecule has 0 atom stereocenters. The van der Waals surface area contributed by atoms with Crippen LogP contribution in [0.25, 0.3) is 0 Å². The van der Waals surface area contributed by atoms with Crippen molar-refractivity contribution in [3.05, 3.63) is 47.5 Å². The molecule has 0 heterocycles. The van der Waals surface area contributed by atoms with Gasteiger partial charge in [-0.2, -0.15) is 0 Å². The predicted molar refractivity (Wildman–Crippen MR) is 94.2 cm³/mol. The van der Waals surface area contributed by atoms with Gasteiger partial charge in [-0.15, -0.1) is 0 Å². The van der Waals surface area contributed by atoms with Crippen LogP contribution in [0, 0.1) is 6.92 Å². The summed E-state index contributed by atoms with van der Waals surface area (Å²) in [6.45, 7) is 3.91. The Kier molecular flexibility index (Phi) is 6.07. The standard InChI is InChI=1S/C19H23NO4/c1-5-14-7-6-8-15(10-14)24-12-19(21)20-16-11-18(23-4)17(22-3)9-13(16)2/h6-11H,5,12H2,1-4H3,(H,20,21). The van der Waals surface area contributed by atoms with Gasteiger partial charge in [-0.1, -0.05) is 19.1 Å². The molecule has 0 fully saturated rings. The number of benzene rings is 2. The quantitative estimate of drug-likeness (QED) is 0.843. The average Bonchev–Trinajstić information content (AvgIpc) is 2.61. The number of methoxy groups -OCH3 is 2. The summed E-state index contributed by atoms with van der Waals surface area (Å²) in [5.41, 5.74) is 2.72. The first-order chi connectivity index (χ1) is 11.6. The van der Waals surface area contributed by atoms with E-state index in [9.17, 15) is 4.79 Å². The van der Waals surface area contributed by atoms with Gasteiger partial charge in [0, 0.05) is 11.8 Å². The van der Waals surface area contributed by atoms with E-state index in [2.05, 4.69) is 12.2 Å². The van der Waals surface area contributed by atoms with Crippen LogP contribution >= 0.6 is 0 Å². The second-order valence-electron chi connectivity index (χ2n) is 5.36. The normalized spacial score (nSPS) is 10.2. The molecule has 1 amide bonds. The van der Waals surface area contributed by atoms with E-state index in [0.717, 1.165) is 12.0 Å². The number of rotatable bonds is 7. The third-order valence-electron chi connectivity index (χ3n) is 3.68. The molecule has 5 heteroatoms. The van der Waals surface area contributed by atoms with Crippen LogP contribution in [0.5, 0.6) is 17.2 Å². The number of hydrogen-bond donors (Lipinski definition) is 1. The summed E-state index contributed by atoms with van der Waals surface area (Å²) in [6, 6.07) is 11.3. The molecule has 0 spiro atoms. The smallest absolute Gasteiger partial charge is 0.262 e. The Balaban J connectivity index is 2.01. The van der Waals surface area contributed by atoms with Crippen LogP contribution in [0.1, 0.15) is 18.1 Å². The van der Waals surface area contributed by atoms with Gasteiger partial charge in [0.2, 0.25) is 0 Å². The molecule has 24 heavy (non-hydrogen) atoms. The lowest BCUT2D eigenvalue weighted by molar-refractivity contribution is -0.118. The van der Waals surface area contributed by atoms with Gasteiger partial charge in [0.1, 0.15) is 5.75 Å². The van der Waals surface area contributed by atoms with Crippen molar-refractivity contribution in [2.24, 2.45) is 0 Å². The summed E-state index contributed by atoms with van der Waals surface area (Å²) in [5, 5.41) is 2.84. The van der Waals surface area contributed by atoms with Crippen molar-refractivity contribution in [3.63, 3.8) is 0 Å². The topological polar surface area (TPSA) is 56.8 Å². The van der Waals surface area contributed by atoms with Crippen LogP contribution in [0.3, 0.4) is 0 Å². The van der Waals surface area contributed by atoms with Gasteiger partial charge in [0.25, 0.3) is 5.91 Å². The van der Waals surface area contributed by atoms with Crippen molar-refractivity contribution < 1.29 is 19.0 Å². The molecule has 1 N–H and O–H groups in total. The van der Waals surface area contributed by atoms with E-state index in [1.807, 2.05) is 37.3 Å². The van der Waals surface area contributed by atoms with Crippen molar-refractivity contribution in [3.8, 4) is 17.2 Å². The van der Waals surface area contributed by atoms with Crippen LogP contribution in [-0.2, 0) is 11.2 Å². The minimum Gasteiger partial charge on any atom is -0.493 e. The SMILES string of the molecule is CCc1cccc(OCC(=O)Nc2cc(OC)c(OC)cc2C)c1. The Morgan fingerprint density at radius 1 is 1.08 bits per heavy atom. The first-order valence-electron chi connectivity index (χ1n) is 7.81. The number of nitrogens with one attached hydrogen (secondary N) is 1. The highest BCUT2D eigenvalue weighted by molar-refractivity contribution is 5.93. The van der Waals surface area contributed by atoms with Crippen molar-refractivity contribution in [2.75, 3.05) is 26.1 Å². The molecule has 0 aliphatic carbocycles. The third kappa shape index (κ3) is 4.41. The highest BCUT2D eigenvalue weighted by Crippen LogP contribution is 2.32. The Bertz CT molecular complexity index is 713. The molecule has 0 saturated carbocycles. The molecule has 2 rings (SSSR count). The summed E-state index contributed by atoms with van der Waals surface area (Å²) < 4.78 is 16.1. The van der Waals surface area contributed by atoms with Gasteiger partial charge in [-0.05, 0) is 42.7 Å². The highest BCUT2D eigenvalue weighted by atomic mass is 16.5. The van der Waals surface area contributed by atoms with Gasteiger partial charge < -0.3 is 19.5 Å². The summed E-state index contributed by atoms with van der Waals surface area (Å²) in [7, 11) is 3.14. The first-order valence-corrected chi connectivity index (χ1v) is 7.81. The number of hydrogen-bond acceptors (Lipinski definition) is 4. The van der Waals surface area contributed by atoms with Crippen molar-refractivity contribution >= 4 is 11.6 Å². The summed E-state index contributed by atoms with van der Waals surface area (Å²) in [4.78, 5) is 12.1. The van der Waals surface area contributed by atoms with Crippen LogP contribution in [0.15, 0.2) is 36.4 Å². The first kappa shape index (κ1) is 17.7. The molecule has 2 aromatic rings. The zero-order chi connectivity index (χ0) is 17.5. The average molecular weight is 329 g/mol. The van der Waals surface area contributed by atoms with Gasteiger partial charge in [-0.25, -0.2) is 0 Å². The van der Waals surface area contributed by atoms with E-state index in [4.69, 9.17) is 14.2 Å². The molecule has 0 saturated heterocycles. The molecule has 0 aliphatic heterocycles. The maximum Gasteiger partial charge on any atom is 0.262 e. The minimum absolute atomic E-state index is 0.0546. The molecular formula is C19H23NO4. The van der Waals surface area contributed by atoms with E-state index in [0.29, 0.717) is 22.9 Å². The van der Waals surface area contributed by atoms with E-state index < -0.39 is 0 Å². The number of aryl methyl sites for hydroxylation is 2. The number of amides is 1. The molecule has 0 radical (unpaired) electrons. The van der Waals surface area contributed by atoms with E-state index >= 15 is 0 Å². The van der Waals surface area contributed by atoms with E-state index in [-0.39, 0.29) is 12.5 Å². The van der Waals surface area contributed by atoms with Crippen LogP contribution in [0.2, 0.25) is 0 Å². The lowest BCUT2D eigenvalue weighted by Crippen LogP contribution is -2.20. The van der Waals surface area contributed by atoms with Gasteiger partial charge >= 0.3 is 0 Å². The maximum atomic E-state index is 12.1. The predicted octanol–water partition coefficient (Wildman–Crippen LogP) is 3.59. The molecule has 0 aromatic heterocycles. The maximum absolute atomic E-state index is 12.1. The molecule has 2 aromatic carbocycles. The monoisotopic (exact) mass is 329 g/mol. The van der Waals surface area contributed by atoms with Gasteiger partial charge in [0.15, 0.2) is 18.1 Å². The fourth-order valence-corrected chi connectivity index (χ4v) is 2.31. The summed E-state index contributed by atoms with van der Waals surface area (Å²) >= 11 is 0. The summed E-state index contributed by atoms with van der Waals surface area (Å²) in [6.07, 6.45) is 0.925. The number of carbonyl (C=O) groups is 1. The molecule has 0 aliphatic rings. The van der Waals surface area contributed by atoms with E-state index in [1.165, 1.54) is 5.56 Å². The Morgan fingerprint density at radius 2 is 1.79 bits per heavy atom. The molecule has 0 bridgehead atoms. The van der Waals surface area contributed by atoms with Crippen LogP contribution in [0.4, 0.5) is 5.69 Å². The van der Waals surface area contributed by atoms with Crippen LogP contribution < -0.4 is 19.5 Å². The Hall–Kier alpha value is -2.69. The zero-order valence-electron chi connectivity index (χ0n) is 14.5. The molecule has 5 nitrogen and oxygen atoms in total. The second-order valence-corrected chi connectivity index (χ2v) is 5.36. The zero-order valence-corrected chi connectivity index (χ0v) is 14.5. The lowest BCUT2D eigenvalue weighted by Gasteiger charge is -2.14. The Morgan fingerprint density at radius 3 is 2.46 bits per heavy atom. The Labute approximate surface area is 142 Å². The second kappa shape index (κ2) is 8.24. The fourth-order valence-electron chi connectivity index (χ4n) is 2.31. The van der Waals surface area contributed by atoms with Gasteiger partial charge in [-0.3, -0.25) is 4.79 Å². The molecule has 128 valence electrons. The highest BCUT2D eigenvalue weighted by Gasteiger charge is 2.11. The van der Waals surface area contributed by atoms with Crippen molar-refractivity contribution in [1.29, 1.82) is 0 Å². The number of carbonyl (C=O) groups excluding carboxylic acids is 1. The van der Waals surface area contributed by atoms with Gasteiger partial charge in [0.05, 0.1) is 14.2 Å². The van der Waals surface area contributed by atoms with E-state index in [1.54, 1.807) is 20.3 Å². The largest absolute Gasteiger partial charge is 0.493 e. The summed E-state index contributed by atoms with van der Waals surface area (Å²) in [5.74, 6) is 1.65. The van der Waals surface area contributed by atoms with Crippen LogP contribution in [-0.4, -0.2) is 26.7 Å². The molecular weight excluding hydrogens is 306 g/mol. The fraction of sp³-hybridized carbons (Fsp3) is 0.316. The third-order valence-corrected chi connectivity index (χ3v) is 3.68.